The van der Waals surface area contributed by atoms with Crippen LogP contribution in [-0.2, 0) is 5.41 Å². The molecule has 0 amide bonds. The highest BCUT2D eigenvalue weighted by atomic mass is 32.1. The van der Waals surface area contributed by atoms with Gasteiger partial charge >= 0.3 is 0 Å². The Morgan fingerprint density at radius 2 is 1.07 bits per heavy atom. The Morgan fingerprint density at radius 3 is 1.84 bits per heavy atom. The van der Waals surface area contributed by atoms with Gasteiger partial charge in [0.2, 0.25) is 0 Å². The molecule has 0 radical (unpaired) electrons. The molecule has 0 N–H and O–H groups in total. The van der Waals surface area contributed by atoms with Crippen molar-refractivity contribution < 1.29 is 0 Å². The molecule has 4 aliphatic carbocycles. The normalized spacial score (nSPS) is 20.9. The molecule has 8 aromatic carbocycles. The van der Waals surface area contributed by atoms with Crippen LogP contribution < -0.4 is 4.90 Å². The predicted molar refractivity (Wildman–Crippen MR) is 257 cm³/mol. The second-order valence-corrected chi connectivity index (χ2v) is 19.6. The molecule has 3 heteroatoms. The van der Waals surface area contributed by atoms with Crippen LogP contribution in [0.25, 0.3) is 69.9 Å². The van der Waals surface area contributed by atoms with E-state index in [1.807, 2.05) is 11.3 Å². The number of para-hydroxylation sites is 4. The van der Waals surface area contributed by atoms with Crippen molar-refractivity contribution in [1.29, 1.82) is 0 Å². The Morgan fingerprint density at radius 1 is 0.426 bits per heavy atom. The van der Waals surface area contributed by atoms with Crippen LogP contribution in [0.15, 0.2) is 182 Å². The third-order valence-electron chi connectivity index (χ3n) is 15.6. The minimum Gasteiger partial charge on any atom is -0.310 e. The second kappa shape index (κ2) is 12.8. The van der Waals surface area contributed by atoms with Gasteiger partial charge in [0.05, 0.1) is 22.4 Å². The summed E-state index contributed by atoms with van der Waals surface area (Å²) in [7, 11) is 0. The van der Waals surface area contributed by atoms with E-state index >= 15 is 0 Å². The molecule has 292 valence electrons. The molecule has 4 bridgehead atoms. The van der Waals surface area contributed by atoms with Crippen molar-refractivity contribution in [3.8, 4) is 27.9 Å². The summed E-state index contributed by atoms with van der Waals surface area (Å²) in [6.07, 6.45) is 6.95. The Kier molecular flexibility index (Phi) is 7.20. The SMILES string of the molecule is c1ccc(-n2c3ccccc3c3c(-c4cc(N5c6ccccc6C6(c7ccccc75)C5CC7CC(C5)CC6C7)ccc4-c4ccc5sc6ccccc6c5c4)cccc32)cc1. The molecular weight excluding hydrogens is 757 g/mol. The van der Waals surface area contributed by atoms with Crippen LogP contribution in [0.2, 0.25) is 0 Å². The highest BCUT2D eigenvalue weighted by molar-refractivity contribution is 7.25. The molecule has 4 saturated carbocycles. The summed E-state index contributed by atoms with van der Waals surface area (Å²) in [6.45, 7) is 0. The number of anilines is 3. The van der Waals surface area contributed by atoms with Gasteiger partial charge in [-0.15, -0.1) is 11.3 Å². The average molecular weight is 801 g/mol. The molecule has 0 unspecified atom stereocenters. The van der Waals surface area contributed by atoms with E-state index in [1.165, 1.54) is 119 Å². The summed E-state index contributed by atoms with van der Waals surface area (Å²) in [5.41, 5.74) is 15.7. The van der Waals surface area contributed by atoms with E-state index in [4.69, 9.17) is 0 Å². The molecule has 2 aromatic heterocycles. The fraction of sp³-hybridized carbons (Fsp3) is 0.172. The van der Waals surface area contributed by atoms with E-state index in [2.05, 4.69) is 191 Å². The van der Waals surface area contributed by atoms with E-state index in [0.717, 1.165) is 11.8 Å². The molecule has 61 heavy (non-hydrogen) atoms. The molecule has 2 nitrogen and oxygen atoms in total. The van der Waals surface area contributed by atoms with E-state index in [0.29, 0.717) is 11.8 Å². The largest absolute Gasteiger partial charge is 0.310 e. The highest BCUT2D eigenvalue weighted by Gasteiger charge is 2.61. The van der Waals surface area contributed by atoms with Crippen LogP contribution >= 0.6 is 11.3 Å². The summed E-state index contributed by atoms with van der Waals surface area (Å²) >= 11 is 1.89. The average Bonchev–Trinajstić information content (AvgIpc) is 3.86. The van der Waals surface area contributed by atoms with Crippen molar-refractivity contribution in [2.24, 2.45) is 23.7 Å². The minimum absolute atomic E-state index is 0.0729. The number of thiophene rings is 1. The van der Waals surface area contributed by atoms with E-state index in [1.54, 1.807) is 11.1 Å². The lowest BCUT2D eigenvalue weighted by atomic mass is 9.41. The smallest absolute Gasteiger partial charge is 0.0547 e. The number of aromatic nitrogens is 1. The third-order valence-corrected chi connectivity index (χ3v) is 16.7. The second-order valence-electron chi connectivity index (χ2n) is 18.5. The lowest BCUT2D eigenvalue weighted by molar-refractivity contribution is -0.0419. The Balaban J connectivity index is 1.04. The van der Waals surface area contributed by atoms with Crippen LogP contribution in [0.5, 0.6) is 0 Å². The first kappa shape index (κ1) is 34.3. The maximum Gasteiger partial charge on any atom is 0.0547 e. The zero-order valence-corrected chi connectivity index (χ0v) is 34.8. The molecule has 5 aliphatic rings. The van der Waals surface area contributed by atoms with E-state index in [-0.39, 0.29) is 5.41 Å². The van der Waals surface area contributed by atoms with Crippen LogP contribution in [-0.4, -0.2) is 4.57 Å². The maximum absolute atomic E-state index is 2.62. The van der Waals surface area contributed by atoms with Crippen LogP contribution in [0.1, 0.15) is 43.2 Å². The molecule has 4 fully saturated rings. The van der Waals surface area contributed by atoms with Crippen LogP contribution in [0, 0.1) is 23.7 Å². The first-order chi connectivity index (χ1) is 30.2. The Bertz CT molecular complexity index is 3330. The van der Waals surface area contributed by atoms with Gasteiger partial charge in [0.25, 0.3) is 0 Å². The molecule has 0 saturated heterocycles. The topological polar surface area (TPSA) is 8.17 Å². The molecule has 3 heterocycles. The van der Waals surface area contributed by atoms with Crippen molar-refractivity contribution in [1.82, 2.24) is 4.57 Å². The van der Waals surface area contributed by atoms with Gasteiger partial charge in [-0.3, -0.25) is 0 Å². The van der Waals surface area contributed by atoms with Gasteiger partial charge in [0.1, 0.15) is 0 Å². The molecule has 15 rings (SSSR count). The molecule has 1 aliphatic heterocycles. The summed E-state index contributed by atoms with van der Waals surface area (Å²) in [5, 5.41) is 5.21. The number of benzene rings is 8. The molecular formula is C58H44N2S. The highest BCUT2D eigenvalue weighted by Crippen LogP contribution is 2.69. The van der Waals surface area contributed by atoms with Crippen LogP contribution in [0.3, 0.4) is 0 Å². The number of nitrogens with zero attached hydrogens (tertiary/aromatic N) is 2. The summed E-state index contributed by atoms with van der Waals surface area (Å²) in [6, 6.07) is 69.2. The van der Waals surface area contributed by atoms with Gasteiger partial charge in [-0.1, -0.05) is 115 Å². The third kappa shape index (κ3) is 4.73. The molecule has 0 atom stereocenters. The lowest BCUT2D eigenvalue weighted by Crippen LogP contribution is -2.57. The van der Waals surface area contributed by atoms with Crippen molar-refractivity contribution in [3.63, 3.8) is 0 Å². The Hall–Kier alpha value is -6.42. The summed E-state index contributed by atoms with van der Waals surface area (Å²) < 4.78 is 5.11. The molecule has 1 spiro atoms. The van der Waals surface area contributed by atoms with Crippen molar-refractivity contribution >= 4 is 70.4 Å². The fourth-order valence-corrected chi connectivity index (χ4v) is 14.6. The van der Waals surface area contributed by atoms with Crippen molar-refractivity contribution in [2.45, 2.75) is 37.5 Å². The monoisotopic (exact) mass is 800 g/mol. The first-order valence-electron chi connectivity index (χ1n) is 22.3. The fourth-order valence-electron chi connectivity index (χ4n) is 13.5. The van der Waals surface area contributed by atoms with Gasteiger partial charge < -0.3 is 9.47 Å². The van der Waals surface area contributed by atoms with Gasteiger partial charge in [0, 0.05) is 47.7 Å². The van der Waals surface area contributed by atoms with Gasteiger partial charge in [-0.2, -0.15) is 0 Å². The summed E-state index contributed by atoms with van der Waals surface area (Å²) in [5.74, 6) is 3.22. The number of rotatable bonds is 4. The van der Waals surface area contributed by atoms with Gasteiger partial charge in [-0.05, 0) is 156 Å². The number of hydrogen-bond donors (Lipinski definition) is 0. The van der Waals surface area contributed by atoms with E-state index in [9.17, 15) is 0 Å². The zero-order valence-electron chi connectivity index (χ0n) is 34.0. The predicted octanol–water partition coefficient (Wildman–Crippen LogP) is 16.0. The van der Waals surface area contributed by atoms with E-state index < -0.39 is 0 Å². The van der Waals surface area contributed by atoms with Gasteiger partial charge in [-0.25, -0.2) is 0 Å². The van der Waals surface area contributed by atoms with Crippen molar-refractivity contribution in [2.75, 3.05) is 4.90 Å². The first-order valence-corrected chi connectivity index (χ1v) is 23.2. The van der Waals surface area contributed by atoms with Crippen molar-refractivity contribution in [3.05, 3.63) is 193 Å². The standard InChI is InChI=1S/C58H44N2S/c1-2-13-41(14-3-1)59-51-20-8-4-16-46(51)57-45(17-12-23-54(57)59)47-35-42(26-27-43(47)38-25-28-56-48(34-38)44-15-5-11-24-55(44)61-56)60-52-21-9-6-18-49(52)58(50-19-7-10-22-53(50)60)39-30-36-29-37(32-39)33-40(58)31-36/h1-28,34-37,39-40H,29-33H2. The minimum atomic E-state index is 0.0729. The lowest BCUT2D eigenvalue weighted by Gasteiger charge is -2.64. The van der Waals surface area contributed by atoms with Crippen LogP contribution in [0.4, 0.5) is 17.1 Å². The molecule has 10 aromatic rings. The number of hydrogen-bond acceptors (Lipinski definition) is 2. The number of fused-ring (bicyclic) bond motifs is 8. The Labute approximate surface area is 360 Å². The maximum atomic E-state index is 2.62. The summed E-state index contributed by atoms with van der Waals surface area (Å²) in [4.78, 5) is 2.62. The van der Waals surface area contributed by atoms with Gasteiger partial charge in [0.15, 0.2) is 0 Å². The quantitative estimate of drug-likeness (QED) is 0.172. The zero-order chi connectivity index (χ0) is 39.8.